The number of amides is 1. The standard InChI is InChI=1S/C19H24ClN3O/c1-11(2)17-16(19(24)21-13-9-10-13)18(12(3)4)23(22-17)15-8-6-5-7-14(15)20/h5-8,11-13H,9-10H2,1-4H3,(H,21,24). The highest BCUT2D eigenvalue weighted by molar-refractivity contribution is 6.32. The van der Waals surface area contributed by atoms with Crippen molar-refractivity contribution in [3.63, 3.8) is 0 Å². The van der Waals surface area contributed by atoms with Gasteiger partial charge in [-0.1, -0.05) is 51.4 Å². The molecule has 0 spiro atoms. The third kappa shape index (κ3) is 3.20. The number of rotatable bonds is 5. The van der Waals surface area contributed by atoms with Crippen molar-refractivity contribution in [1.82, 2.24) is 15.1 Å². The molecule has 1 saturated carbocycles. The first-order valence-corrected chi connectivity index (χ1v) is 8.96. The fourth-order valence-corrected chi connectivity index (χ4v) is 3.13. The van der Waals surface area contributed by atoms with Crippen LogP contribution in [0.1, 0.15) is 74.1 Å². The molecule has 24 heavy (non-hydrogen) atoms. The van der Waals surface area contributed by atoms with E-state index in [0.717, 1.165) is 29.9 Å². The summed E-state index contributed by atoms with van der Waals surface area (Å²) in [6.07, 6.45) is 2.14. The number of para-hydroxylation sites is 1. The van der Waals surface area contributed by atoms with Crippen molar-refractivity contribution in [3.8, 4) is 5.69 Å². The van der Waals surface area contributed by atoms with Gasteiger partial charge in [0.05, 0.1) is 27.7 Å². The number of carbonyl (C=O) groups excluding carboxylic acids is 1. The Morgan fingerprint density at radius 3 is 2.42 bits per heavy atom. The highest BCUT2D eigenvalue weighted by Crippen LogP contribution is 2.32. The van der Waals surface area contributed by atoms with Crippen molar-refractivity contribution in [2.75, 3.05) is 0 Å². The van der Waals surface area contributed by atoms with Crippen LogP contribution in [0.2, 0.25) is 5.02 Å². The molecule has 3 rings (SSSR count). The summed E-state index contributed by atoms with van der Waals surface area (Å²) < 4.78 is 1.85. The van der Waals surface area contributed by atoms with E-state index in [2.05, 4.69) is 33.0 Å². The largest absolute Gasteiger partial charge is 0.349 e. The zero-order valence-electron chi connectivity index (χ0n) is 14.6. The topological polar surface area (TPSA) is 46.9 Å². The molecule has 0 bridgehead atoms. The lowest BCUT2D eigenvalue weighted by molar-refractivity contribution is 0.0948. The summed E-state index contributed by atoms with van der Waals surface area (Å²) in [6, 6.07) is 7.94. The van der Waals surface area contributed by atoms with Crippen LogP contribution >= 0.6 is 11.6 Å². The second kappa shape index (κ2) is 6.60. The number of hydrogen-bond acceptors (Lipinski definition) is 2. The van der Waals surface area contributed by atoms with Crippen molar-refractivity contribution < 1.29 is 4.79 Å². The maximum atomic E-state index is 12.9. The quantitative estimate of drug-likeness (QED) is 0.856. The van der Waals surface area contributed by atoms with Gasteiger partial charge in [0.15, 0.2) is 0 Å². The molecule has 1 amide bonds. The average molecular weight is 346 g/mol. The zero-order valence-corrected chi connectivity index (χ0v) is 15.4. The third-order valence-electron chi connectivity index (χ3n) is 4.26. The predicted molar refractivity (Wildman–Crippen MR) is 97.2 cm³/mol. The highest BCUT2D eigenvalue weighted by atomic mass is 35.5. The Hall–Kier alpha value is -1.81. The summed E-state index contributed by atoms with van der Waals surface area (Å²) in [6.45, 7) is 8.30. The lowest BCUT2D eigenvalue weighted by atomic mass is 9.98. The molecule has 4 nitrogen and oxygen atoms in total. The van der Waals surface area contributed by atoms with E-state index >= 15 is 0 Å². The molecule has 128 valence electrons. The van der Waals surface area contributed by atoms with E-state index in [0.29, 0.717) is 16.6 Å². The van der Waals surface area contributed by atoms with Crippen LogP contribution in [-0.2, 0) is 0 Å². The van der Waals surface area contributed by atoms with Crippen LogP contribution in [0.25, 0.3) is 5.69 Å². The number of nitrogens with one attached hydrogen (secondary N) is 1. The molecule has 0 unspecified atom stereocenters. The normalized spacial score (nSPS) is 14.5. The number of carbonyl (C=O) groups is 1. The average Bonchev–Trinajstić information content (AvgIpc) is 3.23. The molecule has 5 heteroatoms. The molecule has 1 aromatic carbocycles. The van der Waals surface area contributed by atoms with Crippen LogP contribution in [0.3, 0.4) is 0 Å². The molecule has 1 N–H and O–H groups in total. The summed E-state index contributed by atoms with van der Waals surface area (Å²) in [5, 5.41) is 8.53. The van der Waals surface area contributed by atoms with E-state index in [1.54, 1.807) is 0 Å². The molecule has 1 heterocycles. The molecule has 1 aliphatic carbocycles. The van der Waals surface area contributed by atoms with E-state index in [4.69, 9.17) is 16.7 Å². The monoisotopic (exact) mass is 345 g/mol. The summed E-state index contributed by atoms with van der Waals surface area (Å²) in [7, 11) is 0. The van der Waals surface area contributed by atoms with E-state index in [-0.39, 0.29) is 17.7 Å². The molecular weight excluding hydrogens is 322 g/mol. The molecule has 2 aromatic rings. The maximum absolute atomic E-state index is 12.9. The van der Waals surface area contributed by atoms with Crippen molar-refractivity contribution in [2.45, 2.75) is 58.4 Å². The van der Waals surface area contributed by atoms with Gasteiger partial charge in [-0.2, -0.15) is 5.10 Å². The van der Waals surface area contributed by atoms with Gasteiger partial charge in [0.25, 0.3) is 5.91 Å². The van der Waals surface area contributed by atoms with Gasteiger partial charge in [0, 0.05) is 6.04 Å². The molecular formula is C19H24ClN3O. The van der Waals surface area contributed by atoms with E-state index in [9.17, 15) is 4.79 Å². The Morgan fingerprint density at radius 2 is 1.88 bits per heavy atom. The molecule has 1 aromatic heterocycles. The Bertz CT molecular complexity index is 760. The summed E-state index contributed by atoms with van der Waals surface area (Å²) in [4.78, 5) is 12.9. The Balaban J connectivity index is 2.19. The maximum Gasteiger partial charge on any atom is 0.255 e. The Morgan fingerprint density at radius 1 is 1.21 bits per heavy atom. The minimum Gasteiger partial charge on any atom is -0.349 e. The fraction of sp³-hybridized carbons (Fsp3) is 0.474. The third-order valence-corrected chi connectivity index (χ3v) is 4.58. The van der Waals surface area contributed by atoms with Crippen molar-refractivity contribution in [1.29, 1.82) is 0 Å². The zero-order chi connectivity index (χ0) is 17.4. The van der Waals surface area contributed by atoms with Gasteiger partial charge < -0.3 is 5.32 Å². The summed E-state index contributed by atoms with van der Waals surface area (Å²) in [5.41, 5.74) is 3.28. The van der Waals surface area contributed by atoms with Crippen LogP contribution in [0.4, 0.5) is 0 Å². The number of hydrogen-bond donors (Lipinski definition) is 1. The van der Waals surface area contributed by atoms with Crippen LogP contribution < -0.4 is 5.32 Å². The number of halogens is 1. The first-order valence-electron chi connectivity index (χ1n) is 8.58. The van der Waals surface area contributed by atoms with Crippen LogP contribution in [0, 0.1) is 0 Å². The lowest BCUT2D eigenvalue weighted by Gasteiger charge is -2.14. The van der Waals surface area contributed by atoms with Gasteiger partial charge in [0.1, 0.15) is 0 Å². The van der Waals surface area contributed by atoms with Crippen molar-refractivity contribution in [2.24, 2.45) is 0 Å². The molecule has 1 fully saturated rings. The molecule has 1 aliphatic rings. The molecule has 0 saturated heterocycles. The first kappa shape index (κ1) is 17.0. The first-order chi connectivity index (χ1) is 11.4. The van der Waals surface area contributed by atoms with Crippen LogP contribution in [-0.4, -0.2) is 21.7 Å². The van der Waals surface area contributed by atoms with Crippen LogP contribution in [0.5, 0.6) is 0 Å². The summed E-state index contributed by atoms with van der Waals surface area (Å²) in [5.74, 6) is 0.302. The van der Waals surface area contributed by atoms with Gasteiger partial charge in [-0.25, -0.2) is 4.68 Å². The van der Waals surface area contributed by atoms with Crippen molar-refractivity contribution >= 4 is 17.5 Å². The van der Waals surface area contributed by atoms with Gasteiger partial charge in [-0.3, -0.25) is 4.79 Å². The second-order valence-corrected chi connectivity index (χ2v) is 7.47. The van der Waals surface area contributed by atoms with Gasteiger partial charge in [-0.05, 0) is 36.8 Å². The van der Waals surface area contributed by atoms with Gasteiger partial charge >= 0.3 is 0 Å². The molecule has 0 aliphatic heterocycles. The number of aromatic nitrogens is 2. The smallest absolute Gasteiger partial charge is 0.255 e. The SMILES string of the molecule is CC(C)c1nn(-c2ccccc2Cl)c(C(C)C)c1C(=O)NC1CC1. The molecule has 0 radical (unpaired) electrons. The number of nitrogens with zero attached hydrogens (tertiary/aromatic N) is 2. The predicted octanol–water partition coefficient (Wildman–Crippen LogP) is 4.66. The van der Waals surface area contributed by atoms with E-state index in [1.165, 1.54) is 0 Å². The lowest BCUT2D eigenvalue weighted by Crippen LogP contribution is -2.27. The van der Waals surface area contributed by atoms with E-state index < -0.39 is 0 Å². The van der Waals surface area contributed by atoms with Gasteiger partial charge in [-0.15, -0.1) is 0 Å². The van der Waals surface area contributed by atoms with Gasteiger partial charge in [0.2, 0.25) is 0 Å². The van der Waals surface area contributed by atoms with E-state index in [1.807, 2.05) is 28.9 Å². The Labute approximate surface area is 148 Å². The fourth-order valence-electron chi connectivity index (χ4n) is 2.91. The minimum atomic E-state index is -0.0109. The second-order valence-electron chi connectivity index (χ2n) is 7.07. The minimum absolute atomic E-state index is 0.0109. The van der Waals surface area contributed by atoms with Crippen molar-refractivity contribution in [3.05, 3.63) is 46.2 Å². The highest BCUT2D eigenvalue weighted by Gasteiger charge is 2.31. The van der Waals surface area contributed by atoms with Crippen LogP contribution in [0.15, 0.2) is 24.3 Å². The Kier molecular flexibility index (Phi) is 4.68. The summed E-state index contributed by atoms with van der Waals surface area (Å²) >= 11 is 6.39. The number of benzene rings is 1. The molecule has 0 atom stereocenters.